The van der Waals surface area contributed by atoms with Crippen molar-refractivity contribution in [2.75, 3.05) is 0 Å². The van der Waals surface area contributed by atoms with Crippen LogP contribution in [0.1, 0.15) is 25.6 Å². The summed E-state index contributed by atoms with van der Waals surface area (Å²) in [6.07, 6.45) is 0. The van der Waals surface area contributed by atoms with Crippen molar-refractivity contribution in [1.29, 1.82) is 0 Å². The quantitative estimate of drug-likeness (QED) is 0.639. The second-order valence-corrected chi connectivity index (χ2v) is 6.93. The average Bonchev–Trinajstić information content (AvgIpc) is 2.71. The van der Waals surface area contributed by atoms with E-state index in [0.717, 1.165) is 4.47 Å². The van der Waals surface area contributed by atoms with E-state index in [9.17, 15) is 0 Å². The number of aryl methyl sites for hydroxylation is 2. The Bertz CT molecular complexity index is 473. The van der Waals surface area contributed by atoms with Crippen LogP contribution in [-0.4, -0.2) is 0 Å². The van der Waals surface area contributed by atoms with Crippen molar-refractivity contribution in [3.63, 3.8) is 0 Å². The van der Waals surface area contributed by atoms with Gasteiger partial charge in [-0.2, -0.15) is 0 Å². The Labute approximate surface area is 111 Å². The number of alkyl halides is 1. The molecule has 0 aliphatic heterocycles. The third-order valence-electron chi connectivity index (χ3n) is 2.18. The summed E-state index contributed by atoms with van der Waals surface area (Å²) in [6, 6.07) is 4.24. The maximum Gasteiger partial charge on any atom is 0.103 e. The molecule has 1 atom stereocenters. The minimum atomic E-state index is -0.0157. The van der Waals surface area contributed by atoms with Crippen LogP contribution >= 0.6 is 50.2 Å². The zero-order chi connectivity index (χ0) is 11.0. The second-order valence-electron chi connectivity index (χ2n) is 3.40. The first kappa shape index (κ1) is 11.6. The highest BCUT2D eigenvalue weighted by Gasteiger charge is 2.19. The summed E-state index contributed by atoms with van der Waals surface area (Å²) in [5.41, 5.74) is 1.29. The topological polar surface area (TPSA) is 0 Å². The molecule has 15 heavy (non-hydrogen) atoms. The summed E-state index contributed by atoms with van der Waals surface area (Å²) in [6.45, 7) is 4.24. The number of halogens is 2. The molecule has 0 radical (unpaired) electrons. The van der Waals surface area contributed by atoms with Crippen molar-refractivity contribution in [1.82, 2.24) is 0 Å². The first-order valence-electron chi connectivity index (χ1n) is 4.53. The van der Waals surface area contributed by atoms with Crippen LogP contribution in [0.15, 0.2) is 22.0 Å². The Morgan fingerprint density at radius 1 is 1.33 bits per heavy atom. The van der Waals surface area contributed by atoms with E-state index >= 15 is 0 Å². The third kappa shape index (κ3) is 2.31. The largest absolute Gasteiger partial charge is 0.146 e. The molecule has 80 valence electrons. The molecule has 2 heterocycles. The maximum absolute atomic E-state index is 6.49. The zero-order valence-corrected chi connectivity index (χ0v) is 12.4. The Morgan fingerprint density at radius 2 is 2.07 bits per heavy atom. The molecule has 0 aliphatic rings. The number of hydrogen-bond donors (Lipinski definition) is 0. The molecule has 0 saturated heterocycles. The van der Waals surface area contributed by atoms with Gasteiger partial charge in [-0.25, -0.2) is 0 Å². The zero-order valence-electron chi connectivity index (χ0n) is 8.38. The first-order chi connectivity index (χ1) is 7.09. The van der Waals surface area contributed by atoms with Gasteiger partial charge in [0.2, 0.25) is 0 Å². The predicted octanol–water partition coefficient (Wildman–Crippen LogP) is 5.52. The van der Waals surface area contributed by atoms with Crippen LogP contribution in [0.25, 0.3) is 0 Å². The fourth-order valence-corrected chi connectivity index (χ4v) is 4.91. The molecule has 0 bridgehead atoms. The van der Waals surface area contributed by atoms with E-state index in [1.807, 2.05) is 6.07 Å². The third-order valence-corrected chi connectivity index (χ3v) is 6.03. The molecule has 0 spiro atoms. The maximum atomic E-state index is 6.49. The Morgan fingerprint density at radius 3 is 2.53 bits per heavy atom. The van der Waals surface area contributed by atoms with Gasteiger partial charge in [-0.3, -0.25) is 0 Å². The monoisotopic (exact) mass is 320 g/mol. The van der Waals surface area contributed by atoms with Crippen molar-refractivity contribution >= 4 is 50.2 Å². The van der Waals surface area contributed by atoms with Gasteiger partial charge in [-0.1, -0.05) is 0 Å². The van der Waals surface area contributed by atoms with E-state index in [-0.39, 0.29) is 5.38 Å². The summed E-state index contributed by atoms with van der Waals surface area (Å²) >= 11 is 13.5. The van der Waals surface area contributed by atoms with Crippen molar-refractivity contribution in [3.05, 3.63) is 42.2 Å². The van der Waals surface area contributed by atoms with Crippen LogP contribution in [0.4, 0.5) is 0 Å². The lowest BCUT2D eigenvalue weighted by Crippen LogP contribution is -1.89. The van der Waals surface area contributed by atoms with Crippen LogP contribution in [-0.2, 0) is 0 Å². The molecule has 0 saturated carbocycles. The van der Waals surface area contributed by atoms with Crippen LogP contribution in [0.2, 0.25) is 0 Å². The molecule has 0 amide bonds. The first-order valence-corrected chi connectivity index (χ1v) is 7.46. The van der Waals surface area contributed by atoms with Gasteiger partial charge in [0.25, 0.3) is 0 Å². The lowest BCUT2D eigenvalue weighted by molar-refractivity contribution is 1.19. The van der Waals surface area contributed by atoms with Crippen molar-refractivity contribution in [3.8, 4) is 0 Å². The molecule has 2 rings (SSSR count). The predicted molar refractivity (Wildman–Crippen MR) is 73.5 cm³/mol. The highest BCUT2D eigenvalue weighted by molar-refractivity contribution is 9.10. The Kier molecular flexibility index (Phi) is 3.56. The van der Waals surface area contributed by atoms with Gasteiger partial charge in [0.15, 0.2) is 0 Å². The van der Waals surface area contributed by atoms with E-state index in [0.29, 0.717) is 0 Å². The van der Waals surface area contributed by atoms with E-state index < -0.39 is 0 Å². The summed E-state index contributed by atoms with van der Waals surface area (Å²) < 4.78 is 1.11. The SMILES string of the molecule is Cc1cc(C)c(C(Cl)c2sccc2Br)s1. The standard InChI is InChI=1S/C11H10BrClS2/c1-6-5-7(2)15-10(6)9(13)11-8(12)3-4-14-11/h3-5,9H,1-2H3. The summed E-state index contributed by atoms with van der Waals surface area (Å²) in [5.74, 6) is 0. The molecule has 0 aromatic carbocycles. The minimum Gasteiger partial charge on any atom is -0.146 e. The second kappa shape index (κ2) is 4.58. The van der Waals surface area contributed by atoms with E-state index in [1.165, 1.54) is 20.2 Å². The van der Waals surface area contributed by atoms with E-state index in [2.05, 4.69) is 41.2 Å². The smallest absolute Gasteiger partial charge is 0.103 e. The molecule has 2 aromatic heterocycles. The number of hydrogen-bond acceptors (Lipinski definition) is 2. The lowest BCUT2D eigenvalue weighted by Gasteiger charge is -2.07. The molecular formula is C11H10BrClS2. The van der Waals surface area contributed by atoms with Crippen LogP contribution in [0.5, 0.6) is 0 Å². The Balaban J connectivity index is 2.40. The highest BCUT2D eigenvalue weighted by Crippen LogP contribution is 2.41. The molecule has 0 fully saturated rings. The van der Waals surface area contributed by atoms with Crippen LogP contribution in [0.3, 0.4) is 0 Å². The van der Waals surface area contributed by atoms with Crippen LogP contribution in [0, 0.1) is 13.8 Å². The lowest BCUT2D eigenvalue weighted by atomic mass is 10.2. The molecule has 4 heteroatoms. The summed E-state index contributed by atoms with van der Waals surface area (Å²) in [5, 5.41) is 2.04. The highest BCUT2D eigenvalue weighted by atomic mass is 79.9. The van der Waals surface area contributed by atoms with Crippen molar-refractivity contribution in [2.24, 2.45) is 0 Å². The van der Waals surface area contributed by atoms with Crippen molar-refractivity contribution < 1.29 is 0 Å². The average molecular weight is 322 g/mol. The van der Waals surface area contributed by atoms with Gasteiger partial charge in [0, 0.05) is 19.1 Å². The number of rotatable bonds is 2. The van der Waals surface area contributed by atoms with Gasteiger partial charge in [0.05, 0.1) is 0 Å². The molecule has 0 N–H and O–H groups in total. The minimum absolute atomic E-state index is 0.0157. The normalized spacial score (nSPS) is 13.1. The Hall–Kier alpha value is 0.170. The fraction of sp³-hybridized carbons (Fsp3) is 0.273. The van der Waals surface area contributed by atoms with Gasteiger partial charge in [-0.15, -0.1) is 34.3 Å². The van der Waals surface area contributed by atoms with Gasteiger partial charge in [-0.05, 0) is 52.9 Å². The van der Waals surface area contributed by atoms with Gasteiger partial charge in [0.1, 0.15) is 5.38 Å². The summed E-state index contributed by atoms with van der Waals surface area (Å²) in [7, 11) is 0. The molecule has 0 aliphatic carbocycles. The van der Waals surface area contributed by atoms with E-state index in [1.54, 1.807) is 22.7 Å². The van der Waals surface area contributed by atoms with Crippen molar-refractivity contribution in [2.45, 2.75) is 19.2 Å². The summed E-state index contributed by atoms with van der Waals surface area (Å²) in [4.78, 5) is 3.78. The molecule has 0 nitrogen and oxygen atoms in total. The fourth-order valence-electron chi connectivity index (χ4n) is 1.52. The van der Waals surface area contributed by atoms with E-state index in [4.69, 9.17) is 11.6 Å². The molecular weight excluding hydrogens is 312 g/mol. The van der Waals surface area contributed by atoms with Crippen LogP contribution < -0.4 is 0 Å². The number of thiophene rings is 2. The molecule has 2 aromatic rings. The molecule has 1 unspecified atom stereocenters. The van der Waals surface area contributed by atoms with Gasteiger partial charge < -0.3 is 0 Å². The van der Waals surface area contributed by atoms with Gasteiger partial charge >= 0.3 is 0 Å².